The fourth-order valence-corrected chi connectivity index (χ4v) is 1.88. The number of rotatable bonds is 3. The highest BCUT2D eigenvalue weighted by molar-refractivity contribution is 5.92. The molecule has 0 atom stereocenters. The van der Waals surface area contributed by atoms with Gasteiger partial charge in [0.25, 0.3) is 0 Å². The minimum Gasteiger partial charge on any atom is -0.386 e. The molecule has 3 heteroatoms. The Morgan fingerprint density at radius 3 is 2.65 bits per heavy atom. The minimum atomic E-state index is -0.657. The third kappa shape index (κ3) is 2.74. The van der Waals surface area contributed by atoms with Gasteiger partial charge in [0.2, 0.25) is 5.91 Å². The molecule has 0 aliphatic carbocycles. The molecule has 0 aromatic heterocycles. The largest absolute Gasteiger partial charge is 0.386 e. The number of β-amino-alcohol motifs (C(OH)–C–C–N with tert-alkyl or cyclic N) is 1. The summed E-state index contributed by atoms with van der Waals surface area (Å²) in [5, 5.41) is 9.81. The van der Waals surface area contributed by atoms with E-state index in [1.165, 1.54) is 0 Å². The van der Waals surface area contributed by atoms with E-state index in [1.807, 2.05) is 37.3 Å². The summed E-state index contributed by atoms with van der Waals surface area (Å²) >= 11 is 0. The van der Waals surface area contributed by atoms with Crippen molar-refractivity contribution in [2.24, 2.45) is 0 Å². The van der Waals surface area contributed by atoms with Crippen molar-refractivity contribution >= 4 is 12.0 Å². The molecular formula is C14H17NO2. The number of hydrogen-bond donors (Lipinski definition) is 1. The lowest BCUT2D eigenvalue weighted by atomic mass is 9.91. The second-order valence-electron chi connectivity index (χ2n) is 4.52. The first-order valence-electron chi connectivity index (χ1n) is 5.87. The molecule has 0 spiro atoms. The van der Waals surface area contributed by atoms with E-state index in [0.717, 1.165) is 5.56 Å². The number of benzene rings is 1. The maximum atomic E-state index is 11.7. The predicted molar refractivity (Wildman–Crippen MR) is 67.3 cm³/mol. The fraction of sp³-hybridized carbons (Fsp3) is 0.357. The number of amides is 1. The molecule has 1 heterocycles. The minimum absolute atomic E-state index is 0.0352. The third-order valence-electron chi connectivity index (χ3n) is 3.16. The average Bonchev–Trinajstić information content (AvgIpc) is 2.33. The van der Waals surface area contributed by atoms with E-state index < -0.39 is 5.60 Å². The van der Waals surface area contributed by atoms with Crippen LogP contribution in [0.3, 0.4) is 0 Å². The number of hydrogen-bond acceptors (Lipinski definition) is 2. The molecule has 1 aliphatic rings. The Morgan fingerprint density at radius 1 is 1.41 bits per heavy atom. The van der Waals surface area contributed by atoms with Crippen LogP contribution in [-0.4, -0.2) is 34.6 Å². The van der Waals surface area contributed by atoms with Gasteiger partial charge in [-0.3, -0.25) is 4.79 Å². The topological polar surface area (TPSA) is 40.5 Å². The van der Waals surface area contributed by atoms with Gasteiger partial charge < -0.3 is 10.0 Å². The predicted octanol–water partition coefficient (Wildman–Crippen LogP) is 1.68. The van der Waals surface area contributed by atoms with Crippen LogP contribution in [0.1, 0.15) is 18.9 Å². The van der Waals surface area contributed by atoms with E-state index in [9.17, 15) is 9.90 Å². The van der Waals surface area contributed by atoms with Crippen LogP contribution in [-0.2, 0) is 4.79 Å². The van der Waals surface area contributed by atoms with Crippen molar-refractivity contribution in [3.05, 3.63) is 42.0 Å². The van der Waals surface area contributed by atoms with E-state index >= 15 is 0 Å². The van der Waals surface area contributed by atoms with Crippen molar-refractivity contribution in [1.82, 2.24) is 4.90 Å². The van der Waals surface area contributed by atoms with Crippen molar-refractivity contribution < 1.29 is 9.90 Å². The van der Waals surface area contributed by atoms with Gasteiger partial charge in [-0.25, -0.2) is 0 Å². The van der Waals surface area contributed by atoms with Gasteiger partial charge >= 0.3 is 0 Å². The fourth-order valence-electron chi connectivity index (χ4n) is 1.88. The van der Waals surface area contributed by atoms with Gasteiger partial charge in [-0.05, 0) is 18.1 Å². The molecule has 1 aromatic rings. The van der Waals surface area contributed by atoms with Crippen LogP contribution in [0.4, 0.5) is 0 Å². The zero-order chi connectivity index (χ0) is 12.3. The van der Waals surface area contributed by atoms with Gasteiger partial charge in [-0.1, -0.05) is 37.3 Å². The third-order valence-corrected chi connectivity index (χ3v) is 3.16. The zero-order valence-electron chi connectivity index (χ0n) is 9.97. The SMILES string of the molecule is CCC1(O)CN(C(=O)C=Cc2ccccc2)C1. The second kappa shape index (κ2) is 4.72. The van der Waals surface area contributed by atoms with Crippen molar-refractivity contribution in [2.75, 3.05) is 13.1 Å². The van der Waals surface area contributed by atoms with E-state index in [2.05, 4.69) is 0 Å². The van der Waals surface area contributed by atoms with Crippen LogP contribution in [0.25, 0.3) is 6.08 Å². The molecule has 1 fully saturated rings. The van der Waals surface area contributed by atoms with E-state index in [1.54, 1.807) is 17.1 Å². The van der Waals surface area contributed by atoms with E-state index in [0.29, 0.717) is 19.5 Å². The van der Waals surface area contributed by atoms with Gasteiger partial charge in [-0.15, -0.1) is 0 Å². The highest BCUT2D eigenvalue weighted by Gasteiger charge is 2.41. The van der Waals surface area contributed by atoms with Gasteiger partial charge in [-0.2, -0.15) is 0 Å². The lowest BCUT2D eigenvalue weighted by Gasteiger charge is -2.45. The molecule has 17 heavy (non-hydrogen) atoms. The summed E-state index contributed by atoms with van der Waals surface area (Å²) in [5.74, 6) is -0.0352. The molecule has 1 N–H and O–H groups in total. The van der Waals surface area contributed by atoms with Crippen LogP contribution in [0.5, 0.6) is 0 Å². The average molecular weight is 231 g/mol. The molecule has 0 bridgehead atoms. The molecule has 3 nitrogen and oxygen atoms in total. The molecule has 1 saturated heterocycles. The van der Waals surface area contributed by atoms with Crippen LogP contribution < -0.4 is 0 Å². The Bertz CT molecular complexity index is 419. The Kier molecular flexibility index (Phi) is 3.29. The molecule has 1 amide bonds. The van der Waals surface area contributed by atoms with Crippen LogP contribution in [0, 0.1) is 0 Å². The molecule has 90 valence electrons. The van der Waals surface area contributed by atoms with Crippen molar-refractivity contribution in [1.29, 1.82) is 0 Å². The first-order chi connectivity index (χ1) is 8.13. The molecule has 1 aromatic carbocycles. The van der Waals surface area contributed by atoms with Crippen molar-refractivity contribution in [2.45, 2.75) is 18.9 Å². The lowest BCUT2D eigenvalue weighted by molar-refractivity contribution is -0.150. The maximum Gasteiger partial charge on any atom is 0.246 e. The molecule has 0 unspecified atom stereocenters. The molecular weight excluding hydrogens is 214 g/mol. The standard InChI is InChI=1S/C14H17NO2/c1-2-14(17)10-15(11-14)13(16)9-8-12-6-4-3-5-7-12/h3-9,17H,2,10-11H2,1H3. The molecule has 0 radical (unpaired) electrons. The summed E-state index contributed by atoms with van der Waals surface area (Å²) in [6, 6.07) is 9.70. The number of likely N-dealkylation sites (tertiary alicyclic amines) is 1. The van der Waals surface area contributed by atoms with Crippen molar-refractivity contribution in [3.8, 4) is 0 Å². The second-order valence-corrected chi connectivity index (χ2v) is 4.52. The van der Waals surface area contributed by atoms with Gasteiger partial charge in [0.15, 0.2) is 0 Å². The molecule has 2 rings (SSSR count). The van der Waals surface area contributed by atoms with Crippen molar-refractivity contribution in [3.63, 3.8) is 0 Å². The van der Waals surface area contributed by atoms with Crippen LogP contribution >= 0.6 is 0 Å². The van der Waals surface area contributed by atoms with E-state index in [4.69, 9.17) is 0 Å². The number of carbonyl (C=O) groups excluding carboxylic acids is 1. The molecule has 1 aliphatic heterocycles. The van der Waals surface area contributed by atoms with E-state index in [-0.39, 0.29) is 5.91 Å². The summed E-state index contributed by atoms with van der Waals surface area (Å²) in [5.41, 5.74) is 0.350. The summed E-state index contributed by atoms with van der Waals surface area (Å²) in [6.07, 6.45) is 4.05. The zero-order valence-corrected chi connectivity index (χ0v) is 9.97. The first-order valence-corrected chi connectivity index (χ1v) is 5.87. The smallest absolute Gasteiger partial charge is 0.246 e. The summed E-state index contributed by atoms with van der Waals surface area (Å²) in [7, 11) is 0. The summed E-state index contributed by atoms with van der Waals surface area (Å²) in [6.45, 7) is 2.82. The Morgan fingerprint density at radius 2 is 2.06 bits per heavy atom. The first kappa shape index (κ1) is 11.9. The Balaban J connectivity index is 1.89. The number of carbonyl (C=O) groups is 1. The van der Waals surface area contributed by atoms with Gasteiger partial charge in [0.05, 0.1) is 18.7 Å². The lowest BCUT2D eigenvalue weighted by Crippen LogP contribution is -2.62. The monoisotopic (exact) mass is 231 g/mol. The van der Waals surface area contributed by atoms with Crippen LogP contribution in [0.2, 0.25) is 0 Å². The highest BCUT2D eigenvalue weighted by Crippen LogP contribution is 2.24. The normalized spacial score (nSPS) is 18.1. The Labute approximate surface area is 101 Å². The summed E-state index contributed by atoms with van der Waals surface area (Å²) in [4.78, 5) is 13.4. The Hall–Kier alpha value is -1.61. The number of nitrogens with zero attached hydrogens (tertiary/aromatic N) is 1. The quantitative estimate of drug-likeness (QED) is 0.804. The highest BCUT2D eigenvalue weighted by atomic mass is 16.3. The van der Waals surface area contributed by atoms with Gasteiger partial charge in [0, 0.05) is 6.08 Å². The van der Waals surface area contributed by atoms with Crippen LogP contribution in [0.15, 0.2) is 36.4 Å². The maximum absolute atomic E-state index is 11.7. The van der Waals surface area contributed by atoms with Gasteiger partial charge in [0.1, 0.15) is 0 Å². The number of aliphatic hydroxyl groups is 1. The molecule has 0 saturated carbocycles. The summed E-state index contributed by atoms with van der Waals surface area (Å²) < 4.78 is 0.